The second-order valence-corrected chi connectivity index (χ2v) is 3.54. The van der Waals surface area contributed by atoms with Gasteiger partial charge in [-0.25, -0.2) is 0 Å². The highest BCUT2D eigenvalue weighted by Gasteiger charge is 2.04. The van der Waals surface area contributed by atoms with Crippen molar-refractivity contribution in [1.29, 1.82) is 5.26 Å². The molecule has 0 fully saturated rings. The van der Waals surface area contributed by atoms with Gasteiger partial charge in [0, 0.05) is 30.2 Å². The lowest BCUT2D eigenvalue weighted by Crippen LogP contribution is -2.25. The molecule has 0 unspecified atom stereocenters. The first-order valence-corrected chi connectivity index (χ1v) is 5.56. The first kappa shape index (κ1) is 12.9. The topological polar surface area (TPSA) is 75.8 Å². The molecule has 5 heteroatoms. The third-order valence-electron chi connectivity index (χ3n) is 2.36. The molecule has 0 aliphatic rings. The molecule has 0 spiro atoms. The molecule has 0 radical (unpaired) electrons. The molecule has 1 rings (SSSR count). The molecular formula is C12H15N5. The molecule has 5 nitrogen and oxygen atoms in total. The molecule has 0 saturated carbocycles. The zero-order valence-corrected chi connectivity index (χ0v) is 9.66. The summed E-state index contributed by atoms with van der Waals surface area (Å²) in [5, 5.41) is 12.1. The molecule has 0 atom stereocenters. The van der Waals surface area contributed by atoms with Crippen molar-refractivity contribution in [1.82, 2.24) is 0 Å². The van der Waals surface area contributed by atoms with Crippen LogP contribution in [0.1, 0.15) is 12.8 Å². The molecule has 0 bridgehead atoms. The minimum Gasteiger partial charge on any atom is -0.371 e. The molecule has 17 heavy (non-hydrogen) atoms. The molecule has 88 valence electrons. The van der Waals surface area contributed by atoms with Gasteiger partial charge in [-0.2, -0.15) is 5.26 Å². The van der Waals surface area contributed by atoms with E-state index in [-0.39, 0.29) is 0 Å². The van der Waals surface area contributed by atoms with Gasteiger partial charge in [-0.05, 0) is 24.1 Å². The number of azide groups is 1. The minimum absolute atomic E-state index is 0.492. The second kappa shape index (κ2) is 8.03. The fraction of sp³-hybridized carbons (Fsp3) is 0.417. The molecule has 0 aromatic heterocycles. The largest absolute Gasteiger partial charge is 0.371 e. The Kier molecular flexibility index (Phi) is 6.09. The van der Waals surface area contributed by atoms with Gasteiger partial charge in [0.05, 0.1) is 12.5 Å². The summed E-state index contributed by atoms with van der Waals surface area (Å²) in [4.78, 5) is 4.86. The Morgan fingerprint density at radius 1 is 1.29 bits per heavy atom. The Hall–Kier alpha value is -2.18. The fourth-order valence-corrected chi connectivity index (χ4v) is 1.57. The summed E-state index contributed by atoms with van der Waals surface area (Å²) >= 11 is 0. The van der Waals surface area contributed by atoms with Crippen LogP contribution in [0.4, 0.5) is 5.69 Å². The van der Waals surface area contributed by atoms with Gasteiger partial charge >= 0.3 is 0 Å². The number of rotatable bonds is 7. The molecule has 1 aromatic carbocycles. The molecule has 0 amide bonds. The van der Waals surface area contributed by atoms with Gasteiger partial charge < -0.3 is 4.90 Å². The minimum atomic E-state index is 0.492. The Labute approximate surface area is 101 Å². The van der Waals surface area contributed by atoms with E-state index in [2.05, 4.69) is 21.0 Å². The van der Waals surface area contributed by atoms with E-state index in [4.69, 9.17) is 10.8 Å². The summed E-state index contributed by atoms with van der Waals surface area (Å²) < 4.78 is 0. The molecule has 0 heterocycles. The standard InChI is InChI=1S/C12H15N5/c13-8-4-10-17(11-5-9-15-16-14)12-6-2-1-3-7-12/h1-3,6-7H,4-5,9-11H2. The fourth-order valence-electron chi connectivity index (χ4n) is 1.57. The zero-order chi connectivity index (χ0) is 12.3. The van der Waals surface area contributed by atoms with Crippen molar-refractivity contribution in [3.63, 3.8) is 0 Å². The normalized spacial score (nSPS) is 9.12. The third-order valence-corrected chi connectivity index (χ3v) is 2.36. The lowest BCUT2D eigenvalue weighted by molar-refractivity contribution is 0.736. The molecule has 0 saturated heterocycles. The van der Waals surface area contributed by atoms with Crippen molar-refractivity contribution in [2.75, 3.05) is 24.5 Å². The lowest BCUT2D eigenvalue weighted by atomic mass is 10.2. The maximum Gasteiger partial charge on any atom is 0.0640 e. The van der Waals surface area contributed by atoms with Crippen LogP contribution in [0.3, 0.4) is 0 Å². The number of anilines is 1. The molecular weight excluding hydrogens is 214 g/mol. The maximum absolute atomic E-state index is 8.63. The Bertz CT molecular complexity index is 403. The van der Waals surface area contributed by atoms with Gasteiger partial charge in [-0.15, -0.1) is 0 Å². The highest BCUT2D eigenvalue weighted by atomic mass is 15.1. The van der Waals surface area contributed by atoms with E-state index in [1.54, 1.807) is 0 Å². The average Bonchev–Trinajstić information content (AvgIpc) is 2.39. The number of benzene rings is 1. The summed E-state index contributed by atoms with van der Waals surface area (Å²) in [7, 11) is 0. The van der Waals surface area contributed by atoms with E-state index in [9.17, 15) is 0 Å². The van der Waals surface area contributed by atoms with Gasteiger partial charge in [0.25, 0.3) is 0 Å². The van der Waals surface area contributed by atoms with Gasteiger partial charge in [0.1, 0.15) is 0 Å². The average molecular weight is 229 g/mol. The van der Waals surface area contributed by atoms with Crippen LogP contribution in [0.25, 0.3) is 10.4 Å². The highest BCUT2D eigenvalue weighted by molar-refractivity contribution is 5.45. The Balaban J connectivity index is 2.55. The van der Waals surface area contributed by atoms with Crippen LogP contribution in [0, 0.1) is 11.3 Å². The number of hydrogen-bond donors (Lipinski definition) is 0. The SMILES string of the molecule is N#CCCN(CCCN=[N+]=[N-])c1ccccc1. The van der Waals surface area contributed by atoms with Crippen molar-refractivity contribution < 1.29 is 0 Å². The quantitative estimate of drug-likeness (QED) is 0.312. The number of hydrogen-bond acceptors (Lipinski definition) is 3. The van der Waals surface area contributed by atoms with E-state index in [1.807, 2.05) is 30.3 Å². The predicted octanol–water partition coefficient (Wildman–Crippen LogP) is 3.11. The first-order chi connectivity index (χ1) is 8.38. The molecule has 0 aliphatic carbocycles. The highest BCUT2D eigenvalue weighted by Crippen LogP contribution is 2.13. The monoisotopic (exact) mass is 229 g/mol. The summed E-state index contributed by atoms with van der Waals surface area (Å²) in [6.45, 7) is 1.99. The molecule has 1 aromatic rings. The van der Waals surface area contributed by atoms with Crippen molar-refractivity contribution in [3.05, 3.63) is 40.8 Å². The summed E-state index contributed by atoms with van der Waals surface area (Å²) in [6, 6.07) is 12.1. The molecule has 0 N–H and O–H groups in total. The van der Waals surface area contributed by atoms with E-state index in [1.165, 1.54) is 0 Å². The summed E-state index contributed by atoms with van der Waals surface area (Å²) in [5.74, 6) is 0. The van der Waals surface area contributed by atoms with E-state index < -0.39 is 0 Å². The maximum atomic E-state index is 8.63. The number of para-hydroxylation sites is 1. The Morgan fingerprint density at radius 3 is 2.71 bits per heavy atom. The van der Waals surface area contributed by atoms with Crippen LogP contribution in [0.15, 0.2) is 35.4 Å². The number of nitriles is 1. The Morgan fingerprint density at radius 2 is 2.06 bits per heavy atom. The van der Waals surface area contributed by atoms with Crippen LogP contribution < -0.4 is 4.90 Å². The van der Waals surface area contributed by atoms with E-state index >= 15 is 0 Å². The van der Waals surface area contributed by atoms with Crippen LogP contribution in [0.2, 0.25) is 0 Å². The van der Waals surface area contributed by atoms with Crippen LogP contribution >= 0.6 is 0 Å². The molecule has 0 aliphatic heterocycles. The van der Waals surface area contributed by atoms with E-state index in [0.717, 1.165) is 18.7 Å². The number of nitrogens with zero attached hydrogens (tertiary/aromatic N) is 5. The zero-order valence-electron chi connectivity index (χ0n) is 9.66. The van der Waals surface area contributed by atoms with Gasteiger partial charge in [-0.3, -0.25) is 0 Å². The van der Waals surface area contributed by atoms with Gasteiger partial charge in [0.2, 0.25) is 0 Å². The van der Waals surface area contributed by atoms with Crippen LogP contribution in [-0.4, -0.2) is 19.6 Å². The van der Waals surface area contributed by atoms with Crippen LogP contribution in [-0.2, 0) is 0 Å². The third kappa shape index (κ3) is 4.92. The van der Waals surface area contributed by atoms with Gasteiger partial charge in [0.15, 0.2) is 0 Å². The van der Waals surface area contributed by atoms with E-state index in [0.29, 0.717) is 19.5 Å². The first-order valence-electron chi connectivity index (χ1n) is 5.56. The van der Waals surface area contributed by atoms with Crippen molar-refractivity contribution >= 4 is 5.69 Å². The van der Waals surface area contributed by atoms with Crippen molar-refractivity contribution in [2.24, 2.45) is 5.11 Å². The van der Waals surface area contributed by atoms with Crippen molar-refractivity contribution in [3.8, 4) is 6.07 Å². The predicted molar refractivity (Wildman–Crippen MR) is 67.5 cm³/mol. The van der Waals surface area contributed by atoms with Crippen LogP contribution in [0.5, 0.6) is 0 Å². The van der Waals surface area contributed by atoms with Crippen molar-refractivity contribution in [2.45, 2.75) is 12.8 Å². The lowest BCUT2D eigenvalue weighted by Gasteiger charge is -2.23. The summed E-state index contributed by atoms with van der Waals surface area (Å²) in [5.41, 5.74) is 9.29. The summed E-state index contributed by atoms with van der Waals surface area (Å²) in [6.07, 6.45) is 1.29. The second-order valence-electron chi connectivity index (χ2n) is 3.54. The smallest absolute Gasteiger partial charge is 0.0640 e. The van der Waals surface area contributed by atoms with Gasteiger partial charge in [-0.1, -0.05) is 23.3 Å².